The van der Waals surface area contributed by atoms with Crippen molar-refractivity contribution >= 4 is 98.6 Å². The number of carboxylic acid groups (broad SMARTS) is 4. The molecule has 0 fully saturated rings. The van der Waals surface area contributed by atoms with Gasteiger partial charge in [0.2, 0.25) is 5.91 Å². The average molecular weight is 933 g/mol. The number of carbonyl (C=O) groups is 5. The van der Waals surface area contributed by atoms with Crippen LogP contribution in [0.1, 0.15) is 114 Å². The van der Waals surface area contributed by atoms with Crippen LogP contribution in [0.4, 0.5) is 0 Å². The molecule has 1 amide bonds. The van der Waals surface area contributed by atoms with Gasteiger partial charge in [0.1, 0.15) is 6.04 Å². The number of aromatic nitrogens is 4. The van der Waals surface area contributed by atoms with Crippen molar-refractivity contribution < 1.29 is 66.8 Å². The molecule has 3 aromatic rings. The molecule has 3 aromatic heterocycles. The Balaban J connectivity index is 0.00000392. The minimum atomic E-state index is -1.76. The summed E-state index contributed by atoms with van der Waals surface area (Å²) >= 11 is 0. The summed E-state index contributed by atoms with van der Waals surface area (Å²) in [6.07, 6.45) is 0.739. The molecule has 0 aliphatic carbocycles. The molecule has 0 unspecified atom stereocenters. The number of amides is 1. The molecule has 3 atom stereocenters. The van der Waals surface area contributed by atoms with Crippen LogP contribution in [0.3, 0.4) is 0 Å². The van der Waals surface area contributed by atoms with Gasteiger partial charge in [0.15, 0.2) is 0 Å². The number of aromatic amines is 2. The molecule has 2 aliphatic rings. The SMILES string of the molecule is C=Cc1c(C)c2cc3nc(c(CC(=O)N[C@@H](CC(=O)O)C(=O)O)c4[nH]c(cc5nc(cc1[nH]2)C(C)=C5CC)c(C)c4C(=O)O)[C@@H](CCC(=O)O)[C@@H]3C.[Au].[NaH]. The van der Waals surface area contributed by atoms with E-state index >= 15 is 0 Å². The van der Waals surface area contributed by atoms with Crippen molar-refractivity contribution in [3.05, 3.63) is 75.4 Å². The molecule has 1 radical (unpaired) electrons. The summed E-state index contributed by atoms with van der Waals surface area (Å²) in [4.78, 5) is 78.3. The summed E-state index contributed by atoms with van der Waals surface area (Å²) in [5.74, 6) is -7.25. The second kappa shape index (κ2) is 17.9. The van der Waals surface area contributed by atoms with Crippen molar-refractivity contribution in [3.63, 3.8) is 0 Å². The zero-order valence-electron chi connectivity index (χ0n) is 29.8. The molecular weight excluding hydrogens is 890 g/mol. The van der Waals surface area contributed by atoms with Crippen LogP contribution in [0, 0.1) is 13.8 Å². The van der Waals surface area contributed by atoms with E-state index < -0.39 is 60.5 Å². The Morgan fingerprint density at radius 2 is 1.57 bits per heavy atom. The van der Waals surface area contributed by atoms with Gasteiger partial charge in [-0.2, -0.15) is 0 Å². The molecular formula is C38H42AuN5NaO9. The van der Waals surface area contributed by atoms with Gasteiger partial charge >= 0.3 is 53.4 Å². The van der Waals surface area contributed by atoms with E-state index in [0.29, 0.717) is 40.1 Å². The van der Waals surface area contributed by atoms with Crippen LogP contribution < -0.4 is 5.32 Å². The molecule has 54 heavy (non-hydrogen) atoms. The first-order valence-corrected chi connectivity index (χ1v) is 16.8. The number of aromatic carboxylic acids is 1. The fourth-order valence-electron chi connectivity index (χ4n) is 7.16. The van der Waals surface area contributed by atoms with Crippen LogP contribution in [-0.2, 0) is 48.0 Å². The first kappa shape index (κ1) is 44.1. The summed E-state index contributed by atoms with van der Waals surface area (Å²) in [6, 6.07) is 3.77. The number of hydrogen-bond acceptors (Lipinski definition) is 7. The summed E-state index contributed by atoms with van der Waals surface area (Å²) in [5, 5.41) is 41.4. The molecule has 8 bridgehead atoms. The topological polar surface area (TPSA) is 236 Å². The second-order valence-corrected chi connectivity index (χ2v) is 13.1. The van der Waals surface area contributed by atoms with Crippen molar-refractivity contribution in [2.45, 2.75) is 84.6 Å². The van der Waals surface area contributed by atoms with Gasteiger partial charge in [-0.05, 0) is 74.1 Å². The Morgan fingerprint density at radius 1 is 0.926 bits per heavy atom. The van der Waals surface area contributed by atoms with Crippen molar-refractivity contribution in [2.24, 2.45) is 0 Å². The maximum atomic E-state index is 13.6. The number of allylic oxidation sites excluding steroid dienone is 2. The van der Waals surface area contributed by atoms with Crippen molar-refractivity contribution in [1.82, 2.24) is 25.3 Å². The van der Waals surface area contributed by atoms with Crippen molar-refractivity contribution in [2.75, 3.05) is 0 Å². The van der Waals surface area contributed by atoms with Crippen LogP contribution in [0.2, 0.25) is 0 Å². The van der Waals surface area contributed by atoms with Gasteiger partial charge in [-0.3, -0.25) is 19.4 Å². The number of nitrogens with zero attached hydrogens (tertiary/aromatic N) is 2. The summed E-state index contributed by atoms with van der Waals surface area (Å²) < 4.78 is 0. The van der Waals surface area contributed by atoms with Gasteiger partial charge < -0.3 is 35.7 Å². The van der Waals surface area contributed by atoms with Gasteiger partial charge in [0.05, 0.1) is 41.0 Å². The maximum absolute atomic E-state index is 13.6. The van der Waals surface area contributed by atoms with E-state index in [1.54, 1.807) is 19.1 Å². The molecule has 0 aromatic carbocycles. The van der Waals surface area contributed by atoms with E-state index in [4.69, 9.17) is 9.97 Å². The average Bonchev–Trinajstić information content (AvgIpc) is 3.74. The van der Waals surface area contributed by atoms with Crippen LogP contribution in [-0.4, -0.2) is 106 Å². The van der Waals surface area contributed by atoms with Gasteiger partial charge in [-0.25, -0.2) is 14.6 Å². The Morgan fingerprint density at radius 3 is 2.15 bits per heavy atom. The van der Waals surface area contributed by atoms with Crippen LogP contribution in [0.15, 0.2) is 24.8 Å². The van der Waals surface area contributed by atoms with Gasteiger partial charge in [0, 0.05) is 74.0 Å². The molecule has 7 N–H and O–H groups in total. The van der Waals surface area contributed by atoms with Crippen LogP contribution in [0.25, 0.3) is 39.3 Å². The number of H-pyrrole nitrogens is 2. The van der Waals surface area contributed by atoms with Crippen molar-refractivity contribution in [1.29, 1.82) is 0 Å². The molecule has 2 aliphatic heterocycles. The van der Waals surface area contributed by atoms with E-state index in [1.807, 2.05) is 39.8 Å². The standard InChI is InChI=1S/C38H41N5O9.Au.Na.H/c1-7-20-16(3)24-12-26-18(5)22(9-10-32(45)46)35(42-26)23(11-31(44)41-30(37(49)50)15-33(47)48)36-34(38(51)52)19(6)27(43-36)14-29-21(8-2)17(4)25(40-29)13-28(20)39-24;;;/h7,12-14,18,22,30,39,43H,1,8-11,15H2,2-6H3,(H,41,44)(H,45,46)(H,47,48)(H,49,50)(H,51,52);;;/t18-,22-,30-;;;/m0.../s1. The summed E-state index contributed by atoms with van der Waals surface area (Å²) in [5.41, 5.74) is 7.97. The quantitative estimate of drug-likeness (QED) is 0.115. The number of rotatable bonds is 12. The Bertz CT molecular complexity index is 2260. The number of nitrogens with one attached hydrogen (secondary N) is 3. The third kappa shape index (κ3) is 8.80. The third-order valence-corrected chi connectivity index (χ3v) is 9.97. The molecule has 0 spiro atoms. The van der Waals surface area contributed by atoms with E-state index in [0.717, 1.165) is 27.8 Å². The normalized spacial score (nSPS) is 15.4. The number of aliphatic carboxylic acids is 3. The van der Waals surface area contributed by atoms with E-state index in [-0.39, 0.29) is 87.1 Å². The molecule has 14 nitrogen and oxygen atoms in total. The molecule has 5 heterocycles. The van der Waals surface area contributed by atoms with Crippen molar-refractivity contribution in [3.8, 4) is 0 Å². The molecule has 5 rings (SSSR count). The Labute approximate surface area is 348 Å². The fourth-order valence-corrected chi connectivity index (χ4v) is 7.16. The predicted molar refractivity (Wildman–Crippen MR) is 201 cm³/mol. The third-order valence-electron chi connectivity index (χ3n) is 9.97. The van der Waals surface area contributed by atoms with Crippen LogP contribution in [0.5, 0.6) is 0 Å². The number of carboxylic acids is 4. The Kier molecular flexibility index (Phi) is 14.6. The summed E-state index contributed by atoms with van der Waals surface area (Å²) in [6.45, 7) is 13.4. The second-order valence-electron chi connectivity index (χ2n) is 13.1. The number of carbonyl (C=O) groups excluding carboxylic acids is 1. The zero-order valence-corrected chi connectivity index (χ0v) is 32.0. The Hall–Kier alpha value is -4.31. The minimum absolute atomic E-state index is 0. The summed E-state index contributed by atoms with van der Waals surface area (Å²) in [7, 11) is 0. The number of aryl methyl sites for hydroxylation is 2. The fraction of sp³-hybridized carbons (Fsp3) is 0.342. The molecule has 16 heteroatoms. The van der Waals surface area contributed by atoms with E-state index in [9.17, 15) is 44.4 Å². The molecule has 0 saturated carbocycles. The van der Waals surface area contributed by atoms with Gasteiger partial charge in [-0.1, -0.05) is 26.5 Å². The predicted octanol–water partition coefficient (Wildman–Crippen LogP) is 5.30. The molecule has 285 valence electrons. The van der Waals surface area contributed by atoms with E-state index in [1.165, 1.54) is 0 Å². The van der Waals surface area contributed by atoms with Gasteiger partial charge in [0.25, 0.3) is 0 Å². The van der Waals surface area contributed by atoms with Crippen LogP contribution >= 0.6 is 0 Å². The zero-order chi connectivity index (χ0) is 38.2. The first-order valence-electron chi connectivity index (χ1n) is 16.8. The first-order chi connectivity index (χ1) is 24.6. The van der Waals surface area contributed by atoms with E-state index in [2.05, 4.69) is 21.9 Å². The monoisotopic (exact) mass is 932 g/mol. The number of hydrogen-bond donors (Lipinski definition) is 7. The van der Waals surface area contributed by atoms with Gasteiger partial charge in [-0.15, -0.1) is 0 Å². The molecule has 0 saturated heterocycles. The number of fused-ring (bicyclic) bond motifs is 8.